The van der Waals surface area contributed by atoms with Gasteiger partial charge in [-0.1, -0.05) is 18.2 Å². The molecule has 5 nitrogen and oxygen atoms in total. The zero-order valence-electron chi connectivity index (χ0n) is 15.3. The minimum atomic E-state index is -0.792. The summed E-state index contributed by atoms with van der Waals surface area (Å²) in [6, 6.07) is 11.9. The molecule has 1 fully saturated rings. The van der Waals surface area contributed by atoms with Crippen LogP contribution in [0.25, 0.3) is 6.08 Å². The van der Waals surface area contributed by atoms with Crippen molar-refractivity contribution in [3.05, 3.63) is 65.5 Å². The molecule has 27 heavy (non-hydrogen) atoms. The number of hydrogen-bond donors (Lipinski definition) is 1. The minimum absolute atomic E-state index is 0.0477. The van der Waals surface area contributed by atoms with Crippen LogP contribution in [0.3, 0.4) is 0 Å². The molecular weight excluding hydrogens is 340 g/mol. The Labute approximate surface area is 158 Å². The number of nitrogens with zero attached hydrogens (tertiary/aromatic N) is 2. The van der Waals surface area contributed by atoms with E-state index in [0.29, 0.717) is 0 Å². The standard InChI is InChI=1S/C13H17NO3.C9H5N/c1-17-11-6-4-7-13(11,9-12(15)16)10-5-2-3-8-14-10;1-2-6-7-4-5-9(6)10-8(7)3-1/h2-3,5,8,11H,4,6-7,9H2,1H3,(H,15,16);1-5H. The minimum Gasteiger partial charge on any atom is -0.481 e. The molecule has 3 aliphatic rings. The van der Waals surface area contributed by atoms with Crippen LogP contribution in [0.1, 0.15) is 42.5 Å². The maximum atomic E-state index is 11.1. The Hall–Kier alpha value is -2.79. The van der Waals surface area contributed by atoms with Crippen LogP contribution < -0.4 is 0 Å². The maximum absolute atomic E-state index is 11.1. The van der Waals surface area contributed by atoms with Crippen molar-refractivity contribution in [2.75, 3.05) is 7.11 Å². The summed E-state index contributed by atoms with van der Waals surface area (Å²) >= 11 is 0. The van der Waals surface area contributed by atoms with Crippen LogP contribution in [0.15, 0.2) is 53.7 Å². The third-order valence-corrected chi connectivity index (χ3v) is 5.64. The highest BCUT2D eigenvalue weighted by molar-refractivity contribution is 6.22. The number of aromatic nitrogens is 1. The summed E-state index contributed by atoms with van der Waals surface area (Å²) in [4.78, 5) is 19.8. The lowest BCUT2D eigenvalue weighted by Crippen LogP contribution is -2.39. The summed E-state index contributed by atoms with van der Waals surface area (Å²) in [5.41, 5.74) is 5.26. The van der Waals surface area contributed by atoms with E-state index in [9.17, 15) is 4.79 Å². The lowest BCUT2D eigenvalue weighted by molar-refractivity contribution is -0.139. The fourth-order valence-electron chi connectivity index (χ4n) is 4.42. The number of allylic oxidation sites excluding steroid dienone is 1. The highest BCUT2D eigenvalue weighted by Gasteiger charge is 2.47. The van der Waals surface area contributed by atoms with Crippen LogP contribution in [0.4, 0.5) is 5.69 Å². The van der Waals surface area contributed by atoms with Gasteiger partial charge in [-0.05, 0) is 49.6 Å². The fraction of sp³-hybridized carbons (Fsp3) is 0.318. The number of hydrogen-bond acceptors (Lipinski definition) is 4. The summed E-state index contributed by atoms with van der Waals surface area (Å²) < 4.78 is 5.48. The van der Waals surface area contributed by atoms with E-state index in [4.69, 9.17) is 9.84 Å². The number of carboxylic acid groups (broad SMARTS) is 1. The fourth-order valence-corrected chi connectivity index (χ4v) is 4.42. The largest absolute Gasteiger partial charge is 0.481 e. The predicted octanol–water partition coefficient (Wildman–Crippen LogP) is 4.14. The van der Waals surface area contributed by atoms with E-state index in [2.05, 4.69) is 40.3 Å². The van der Waals surface area contributed by atoms with Gasteiger partial charge in [0.25, 0.3) is 0 Å². The van der Waals surface area contributed by atoms with Gasteiger partial charge >= 0.3 is 5.97 Å². The predicted molar refractivity (Wildman–Crippen MR) is 104 cm³/mol. The first kappa shape index (κ1) is 17.6. The Morgan fingerprint density at radius 2 is 2.15 bits per heavy atom. The lowest BCUT2D eigenvalue weighted by atomic mass is 9.77. The van der Waals surface area contributed by atoms with E-state index in [0.717, 1.165) is 36.4 Å². The normalized spacial score (nSPS) is 23.7. The third kappa shape index (κ3) is 3.08. The first-order chi connectivity index (χ1) is 13.1. The van der Waals surface area contributed by atoms with Crippen molar-refractivity contribution >= 4 is 23.4 Å². The Bertz CT molecular complexity index is 920. The summed E-state index contributed by atoms with van der Waals surface area (Å²) in [6.45, 7) is 0. The van der Waals surface area contributed by atoms with Crippen molar-refractivity contribution in [2.24, 2.45) is 4.99 Å². The Morgan fingerprint density at radius 1 is 1.26 bits per heavy atom. The SMILES string of the molecule is C1=Cc2c3cccc2C1=N3.COC1CCCC1(CC(=O)O)c1ccccn1. The number of carboxylic acids is 1. The lowest BCUT2D eigenvalue weighted by Gasteiger charge is -2.32. The molecule has 0 radical (unpaired) electrons. The van der Waals surface area contributed by atoms with Gasteiger partial charge in [0.1, 0.15) is 0 Å². The van der Waals surface area contributed by atoms with Crippen LogP contribution in [0.2, 0.25) is 0 Å². The van der Waals surface area contributed by atoms with E-state index in [-0.39, 0.29) is 12.5 Å². The molecule has 1 aromatic carbocycles. The molecule has 5 rings (SSSR count). The zero-order chi connectivity index (χ0) is 18.9. The number of aliphatic imine (C=N–C) groups is 1. The maximum Gasteiger partial charge on any atom is 0.304 e. The smallest absolute Gasteiger partial charge is 0.304 e. The number of aliphatic carboxylic acids is 1. The van der Waals surface area contributed by atoms with Gasteiger partial charge < -0.3 is 9.84 Å². The summed E-state index contributed by atoms with van der Waals surface area (Å²) in [7, 11) is 1.65. The molecule has 5 heteroatoms. The molecule has 138 valence electrons. The van der Waals surface area contributed by atoms with Gasteiger partial charge in [-0.15, -0.1) is 0 Å². The molecule has 1 aromatic heterocycles. The number of ether oxygens (including phenoxy) is 1. The average Bonchev–Trinajstić information content (AvgIpc) is 3.34. The number of carbonyl (C=O) groups is 1. The molecule has 1 aliphatic heterocycles. The first-order valence-electron chi connectivity index (χ1n) is 9.20. The van der Waals surface area contributed by atoms with Gasteiger partial charge in [0.05, 0.1) is 23.9 Å². The van der Waals surface area contributed by atoms with Gasteiger partial charge in [0.2, 0.25) is 0 Å². The monoisotopic (exact) mass is 362 g/mol. The molecule has 0 spiro atoms. The Balaban J connectivity index is 0.000000150. The van der Waals surface area contributed by atoms with E-state index >= 15 is 0 Å². The molecule has 2 unspecified atom stereocenters. The zero-order valence-corrected chi connectivity index (χ0v) is 15.3. The molecule has 4 bridgehead atoms. The molecule has 2 atom stereocenters. The van der Waals surface area contributed by atoms with Crippen molar-refractivity contribution in [1.82, 2.24) is 4.98 Å². The van der Waals surface area contributed by atoms with Gasteiger partial charge in [-0.3, -0.25) is 9.78 Å². The van der Waals surface area contributed by atoms with E-state index < -0.39 is 11.4 Å². The van der Waals surface area contributed by atoms with Crippen molar-refractivity contribution in [3.63, 3.8) is 0 Å². The number of methoxy groups -OCH3 is 1. The molecule has 2 aromatic rings. The summed E-state index contributed by atoms with van der Waals surface area (Å²) in [6.07, 6.45) is 8.67. The Kier molecular flexibility index (Phi) is 4.62. The quantitative estimate of drug-likeness (QED) is 0.887. The summed E-state index contributed by atoms with van der Waals surface area (Å²) in [5, 5.41) is 9.13. The third-order valence-electron chi connectivity index (χ3n) is 5.64. The molecule has 2 heterocycles. The second kappa shape index (κ2) is 7.08. The number of rotatable bonds is 4. The summed E-state index contributed by atoms with van der Waals surface area (Å²) in [5.74, 6) is -0.792. The van der Waals surface area contributed by atoms with E-state index in [1.807, 2.05) is 18.2 Å². The molecule has 0 amide bonds. The van der Waals surface area contributed by atoms with Crippen molar-refractivity contribution in [1.29, 1.82) is 0 Å². The molecule has 1 saturated carbocycles. The molecular formula is C22H22N2O3. The van der Waals surface area contributed by atoms with Crippen LogP contribution in [0, 0.1) is 0 Å². The number of pyridine rings is 1. The molecule has 0 saturated heterocycles. The second-order valence-electron chi connectivity index (χ2n) is 7.13. The van der Waals surface area contributed by atoms with Crippen molar-refractivity contribution < 1.29 is 14.6 Å². The highest BCUT2D eigenvalue weighted by atomic mass is 16.5. The van der Waals surface area contributed by atoms with Gasteiger partial charge in [-0.25, -0.2) is 4.99 Å². The second-order valence-corrected chi connectivity index (χ2v) is 7.13. The van der Waals surface area contributed by atoms with Crippen LogP contribution in [-0.4, -0.2) is 35.0 Å². The highest BCUT2D eigenvalue weighted by Crippen LogP contribution is 2.44. The molecule has 2 aliphatic carbocycles. The number of benzene rings is 1. The van der Waals surface area contributed by atoms with Gasteiger partial charge in [0, 0.05) is 35.5 Å². The van der Waals surface area contributed by atoms with Gasteiger partial charge in [0.15, 0.2) is 0 Å². The van der Waals surface area contributed by atoms with Crippen LogP contribution in [0.5, 0.6) is 0 Å². The van der Waals surface area contributed by atoms with E-state index in [1.54, 1.807) is 13.3 Å². The van der Waals surface area contributed by atoms with Crippen molar-refractivity contribution in [2.45, 2.75) is 37.2 Å². The van der Waals surface area contributed by atoms with Crippen LogP contribution in [-0.2, 0) is 14.9 Å². The van der Waals surface area contributed by atoms with E-state index in [1.165, 1.54) is 11.1 Å². The van der Waals surface area contributed by atoms with Crippen molar-refractivity contribution in [3.8, 4) is 0 Å². The molecule has 1 N–H and O–H groups in total. The van der Waals surface area contributed by atoms with Gasteiger partial charge in [-0.2, -0.15) is 0 Å². The Morgan fingerprint density at radius 3 is 2.81 bits per heavy atom. The first-order valence-corrected chi connectivity index (χ1v) is 9.20. The topological polar surface area (TPSA) is 71.8 Å². The van der Waals surface area contributed by atoms with Crippen LogP contribution >= 0.6 is 0 Å². The average molecular weight is 362 g/mol.